The monoisotopic (exact) mass is 224 g/mol. The van der Waals surface area contributed by atoms with Crippen LogP contribution in [0.25, 0.3) is 0 Å². The predicted molar refractivity (Wildman–Crippen MR) is 46.4 cm³/mol. The lowest BCUT2D eigenvalue weighted by Gasteiger charge is -2.07. The SMILES string of the molecule is CCn1ccn(COCC(F)(F)F)c1=O. The number of aryl methyl sites for hydroxylation is 1. The molecule has 0 N–H and O–H groups in total. The number of halogens is 3. The van der Waals surface area contributed by atoms with Crippen LogP contribution in [0.2, 0.25) is 0 Å². The molecular weight excluding hydrogens is 213 g/mol. The van der Waals surface area contributed by atoms with Gasteiger partial charge >= 0.3 is 11.9 Å². The second-order valence-corrected chi connectivity index (χ2v) is 2.93. The van der Waals surface area contributed by atoms with E-state index < -0.39 is 12.8 Å². The Labute approximate surface area is 83.9 Å². The number of hydrogen-bond acceptors (Lipinski definition) is 2. The van der Waals surface area contributed by atoms with Crippen LogP contribution in [0.5, 0.6) is 0 Å². The second-order valence-electron chi connectivity index (χ2n) is 2.93. The second kappa shape index (κ2) is 4.52. The summed E-state index contributed by atoms with van der Waals surface area (Å²) in [7, 11) is 0. The van der Waals surface area contributed by atoms with Crippen molar-refractivity contribution < 1.29 is 17.9 Å². The van der Waals surface area contributed by atoms with Crippen molar-refractivity contribution in [3.63, 3.8) is 0 Å². The van der Waals surface area contributed by atoms with Crippen molar-refractivity contribution >= 4 is 0 Å². The Bertz CT molecular complexity index is 367. The summed E-state index contributed by atoms with van der Waals surface area (Å²) in [6.45, 7) is 0.509. The van der Waals surface area contributed by atoms with Gasteiger partial charge in [-0.25, -0.2) is 4.79 Å². The fraction of sp³-hybridized carbons (Fsp3) is 0.625. The summed E-state index contributed by atoms with van der Waals surface area (Å²) < 4.78 is 41.9. The lowest BCUT2D eigenvalue weighted by atomic mass is 10.7. The summed E-state index contributed by atoms with van der Waals surface area (Å²) in [6, 6.07) is 0. The number of hydrogen-bond donors (Lipinski definition) is 0. The first-order chi connectivity index (χ1) is 6.94. The summed E-state index contributed by atoms with van der Waals surface area (Å²) >= 11 is 0. The van der Waals surface area contributed by atoms with Crippen LogP contribution in [0.1, 0.15) is 6.92 Å². The van der Waals surface area contributed by atoms with Crippen LogP contribution < -0.4 is 5.69 Å². The molecule has 0 atom stereocenters. The van der Waals surface area contributed by atoms with E-state index in [0.29, 0.717) is 6.54 Å². The van der Waals surface area contributed by atoms with Gasteiger partial charge in [0.05, 0.1) is 0 Å². The summed E-state index contributed by atoms with van der Waals surface area (Å²) in [5.41, 5.74) is -0.375. The highest BCUT2D eigenvalue weighted by molar-refractivity contribution is 4.79. The molecule has 0 unspecified atom stereocenters. The quantitative estimate of drug-likeness (QED) is 0.770. The van der Waals surface area contributed by atoms with E-state index in [1.807, 2.05) is 0 Å². The zero-order valence-corrected chi connectivity index (χ0v) is 8.12. The molecule has 7 heteroatoms. The van der Waals surface area contributed by atoms with Crippen molar-refractivity contribution in [1.82, 2.24) is 9.13 Å². The Morgan fingerprint density at radius 3 is 2.40 bits per heavy atom. The van der Waals surface area contributed by atoms with Gasteiger partial charge in [0.25, 0.3) is 0 Å². The largest absolute Gasteiger partial charge is 0.411 e. The van der Waals surface area contributed by atoms with Crippen molar-refractivity contribution in [1.29, 1.82) is 0 Å². The third kappa shape index (κ3) is 3.43. The topological polar surface area (TPSA) is 36.2 Å². The highest BCUT2D eigenvalue weighted by Crippen LogP contribution is 2.14. The normalized spacial score (nSPS) is 12.0. The van der Waals surface area contributed by atoms with Gasteiger partial charge in [-0.3, -0.25) is 9.13 Å². The molecule has 1 rings (SSSR count). The molecule has 0 aliphatic carbocycles. The van der Waals surface area contributed by atoms with Crippen LogP contribution in [0.4, 0.5) is 13.2 Å². The third-order valence-electron chi connectivity index (χ3n) is 1.75. The standard InChI is InChI=1S/C8H11F3N2O2/c1-2-12-3-4-13(7(12)14)6-15-5-8(9,10)11/h3-4H,2,5-6H2,1H3. The van der Waals surface area contributed by atoms with E-state index >= 15 is 0 Å². The highest BCUT2D eigenvalue weighted by Gasteiger charge is 2.27. The van der Waals surface area contributed by atoms with E-state index in [4.69, 9.17) is 0 Å². The molecule has 0 radical (unpaired) electrons. The third-order valence-corrected chi connectivity index (χ3v) is 1.75. The number of alkyl halides is 3. The minimum absolute atomic E-state index is 0.375. The minimum Gasteiger partial charge on any atom is -0.351 e. The van der Waals surface area contributed by atoms with Crippen molar-refractivity contribution in [2.45, 2.75) is 26.4 Å². The van der Waals surface area contributed by atoms with Crippen LogP contribution >= 0.6 is 0 Å². The molecule has 86 valence electrons. The van der Waals surface area contributed by atoms with Crippen LogP contribution in [-0.2, 0) is 18.0 Å². The number of nitrogens with zero attached hydrogens (tertiary/aromatic N) is 2. The molecule has 0 aromatic carbocycles. The summed E-state index contributed by atoms with van der Waals surface area (Å²) in [5, 5.41) is 0. The van der Waals surface area contributed by atoms with Gasteiger partial charge < -0.3 is 4.74 Å². The molecule has 0 bridgehead atoms. The zero-order valence-electron chi connectivity index (χ0n) is 8.12. The summed E-state index contributed by atoms with van der Waals surface area (Å²) in [4.78, 5) is 11.3. The smallest absolute Gasteiger partial charge is 0.351 e. The van der Waals surface area contributed by atoms with Gasteiger partial charge in [0.1, 0.15) is 13.3 Å². The van der Waals surface area contributed by atoms with Gasteiger partial charge in [0, 0.05) is 18.9 Å². The maximum atomic E-state index is 11.7. The van der Waals surface area contributed by atoms with Gasteiger partial charge in [-0.05, 0) is 6.92 Å². The van der Waals surface area contributed by atoms with E-state index in [1.54, 1.807) is 6.92 Å². The van der Waals surface area contributed by atoms with Crippen LogP contribution in [0.15, 0.2) is 17.2 Å². The molecule has 1 aromatic heterocycles. The zero-order chi connectivity index (χ0) is 11.5. The maximum Gasteiger partial charge on any atom is 0.411 e. The maximum absolute atomic E-state index is 11.7. The number of imidazole rings is 1. The van der Waals surface area contributed by atoms with E-state index in [0.717, 1.165) is 4.57 Å². The molecular formula is C8H11F3N2O2. The van der Waals surface area contributed by atoms with Gasteiger partial charge in [0.2, 0.25) is 0 Å². The number of rotatable bonds is 4. The van der Waals surface area contributed by atoms with Crippen molar-refractivity contribution in [2.75, 3.05) is 6.61 Å². The first kappa shape index (κ1) is 11.8. The number of aromatic nitrogens is 2. The molecule has 0 fully saturated rings. The first-order valence-corrected chi connectivity index (χ1v) is 4.34. The Morgan fingerprint density at radius 1 is 1.33 bits per heavy atom. The molecule has 0 aliphatic heterocycles. The average Bonchev–Trinajstić information content (AvgIpc) is 2.46. The van der Waals surface area contributed by atoms with Gasteiger partial charge in [-0.15, -0.1) is 0 Å². The molecule has 0 saturated heterocycles. The Morgan fingerprint density at radius 2 is 1.93 bits per heavy atom. The average molecular weight is 224 g/mol. The van der Waals surface area contributed by atoms with Crippen molar-refractivity contribution in [3.05, 3.63) is 22.9 Å². The lowest BCUT2D eigenvalue weighted by molar-refractivity contribution is -0.182. The van der Waals surface area contributed by atoms with Crippen LogP contribution in [0.3, 0.4) is 0 Å². The van der Waals surface area contributed by atoms with E-state index in [2.05, 4.69) is 4.74 Å². The fourth-order valence-electron chi connectivity index (χ4n) is 1.05. The molecule has 1 aromatic rings. The molecule has 4 nitrogen and oxygen atoms in total. The Kier molecular flexibility index (Phi) is 3.57. The highest BCUT2D eigenvalue weighted by atomic mass is 19.4. The molecule has 0 spiro atoms. The molecule has 0 amide bonds. The molecule has 0 saturated carbocycles. The number of ether oxygens (including phenoxy) is 1. The van der Waals surface area contributed by atoms with Crippen LogP contribution in [-0.4, -0.2) is 21.9 Å². The van der Waals surface area contributed by atoms with Crippen molar-refractivity contribution in [2.24, 2.45) is 0 Å². The molecule has 15 heavy (non-hydrogen) atoms. The van der Waals surface area contributed by atoms with Crippen LogP contribution in [0, 0.1) is 0 Å². The van der Waals surface area contributed by atoms with E-state index in [9.17, 15) is 18.0 Å². The Hall–Kier alpha value is -1.24. The predicted octanol–water partition coefficient (Wildman–Crippen LogP) is 1.21. The van der Waals surface area contributed by atoms with Crippen molar-refractivity contribution in [3.8, 4) is 0 Å². The minimum atomic E-state index is -4.36. The van der Waals surface area contributed by atoms with E-state index in [1.165, 1.54) is 17.0 Å². The van der Waals surface area contributed by atoms with Gasteiger partial charge in [-0.2, -0.15) is 13.2 Å². The first-order valence-electron chi connectivity index (χ1n) is 4.34. The lowest BCUT2D eigenvalue weighted by Crippen LogP contribution is -2.26. The molecule has 0 aliphatic rings. The summed E-state index contributed by atoms with van der Waals surface area (Å²) in [6.07, 6.45) is -1.47. The summed E-state index contributed by atoms with van der Waals surface area (Å²) in [5.74, 6) is 0. The Balaban J connectivity index is 2.52. The molecule has 1 heterocycles. The van der Waals surface area contributed by atoms with E-state index in [-0.39, 0.29) is 12.4 Å². The van der Waals surface area contributed by atoms with Gasteiger partial charge in [-0.1, -0.05) is 0 Å². The fourth-order valence-corrected chi connectivity index (χ4v) is 1.05. The van der Waals surface area contributed by atoms with Gasteiger partial charge in [0.15, 0.2) is 0 Å².